The molecule has 178 valence electrons. The molecular formula is C25H25F2N3O4. The van der Waals surface area contributed by atoms with E-state index in [0.717, 1.165) is 18.5 Å². The zero-order chi connectivity index (χ0) is 24.9. The number of carboxylic acid groups (broad SMARTS) is 1. The number of aliphatic carboxylic acids is 1. The minimum absolute atomic E-state index is 0.103. The highest BCUT2D eigenvalue weighted by atomic mass is 19.1. The Bertz CT molecular complexity index is 1220. The van der Waals surface area contributed by atoms with Crippen LogP contribution in [0.25, 0.3) is 17.2 Å². The summed E-state index contributed by atoms with van der Waals surface area (Å²) in [7, 11) is 1.51. The van der Waals surface area contributed by atoms with E-state index in [1.807, 2.05) is 20.8 Å². The van der Waals surface area contributed by atoms with E-state index < -0.39 is 17.6 Å². The van der Waals surface area contributed by atoms with Crippen LogP contribution in [0.4, 0.5) is 8.78 Å². The zero-order valence-electron chi connectivity index (χ0n) is 19.3. The number of carboxylic acids is 1. The minimum atomic E-state index is -1.23. The molecule has 0 spiro atoms. The second kappa shape index (κ2) is 10.4. The Kier molecular flexibility index (Phi) is 7.55. The van der Waals surface area contributed by atoms with Gasteiger partial charge in [-0.05, 0) is 42.2 Å². The van der Waals surface area contributed by atoms with Gasteiger partial charge in [-0.1, -0.05) is 26.8 Å². The number of aromatic nitrogens is 3. The van der Waals surface area contributed by atoms with Gasteiger partial charge in [0.2, 0.25) is 5.82 Å². The lowest BCUT2D eigenvalue weighted by Crippen LogP contribution is -2.13. The van der Waals surface area contributed by atoms with Crippen molar-refractivity contribution in [2.24, 2.45) is 5.41 Å². The molecule has 2 aromatic heterocycles. The van der Waals surface area contributed by atoms with Crippen LogP contribution >= 0.6 is 0 Å². The third-order valence-corrected chi connectivity index (χ3v) is 4.72. The molecule has 0 unspecified atom stereocenters. The molecule has 3 aromatic rings. The largest absolute Gasteiger partial charge is 0.497 e. The lowest BCUT2D eigenvalue weighted by Gasteiger charge is -2.21. The predicted molar refractivity (Wildman–Crippen MR) is 122 cm³/mol. The van der Waals surface area contributed by atoms with Gasteiger partial charge in [0.05, 0.1) is 12.8 Å². The molecule has 0 saturated heterocycles. The van der Waals surface area contributed by atoms with Gasteiger partial charge in [-0.15, -0.1) is 0 Å². The molecule has 0 aliphatic heterocycles. The van der Waals surface area contributed by atoms with E-state index in [1.165, 1.54) is 13.2 Å². The molecule has 1 N–H and O–H groups in total. The van der Waals surface area contributed by atoms with Crippen LogP contribution in [0.5, 0.6) is 11.6 Å². The van der Waals surface area contributed by atoms with Crippen LogP contribution < -0.4 is 9.47 Å². The topological polar surface area (TPSA) is 94.4 Å². The van der Waals surface area contributed by atoms with E-state index in [2.05, 4.69) is 15.0 Å². The Labute approximate surface area is 196 Å². The van der Waals surface area contributed by atoms with Crippen LogP contribution in [0.2, 0.25) is 0 Å². The van der Waals surface area contributed by atoms with Gasteiger partial charge in [0.1, 0.15) is 30.2 Å². The van der Waals surface area contributed by atoms with Gasteiger partial charge in [-0.3, -0.25) is 4.98 Å². The number of benzene rings is 1. The van der Waals surface area contributed by atoms with Gasteiger partial charge in [-0.25, -0.2) is 14.2 Å². The normalized spacial score (nSPS) is 11.6. The van der Waals surface area contributed by atoms with Gasteiger partial charge in [0, 0.05) is 22.9 Å². The van der Waals surface area contributed by atoms with E-state index in [0.29, 0.717) is 34.7 Å². The maximum absolute atomic E-state index is 14.7. The van der Waals surface area contributed by atoms with Crippen molar-refractivity contribution in [3.8, 4) is 22.8 Å². The highest BCUT2D eigenvalue weighted by molar-refractivity contribution is 5.84. The molecule has 0 saturated carbocycles. The molecule has 2 heterocycles. The van der Waals surface area contributed by atoms with Crippen LogP contribution in [-0.4, -0.2) is 33.1 Å². The second-order valence-electron chi connectivity index (χ2n) is 8.72. The average molecular weight is 469 g/mol. The maximum atomic E-state index is 14.7. The number of rotatable bonds is 8. The lowest BCUT2D eigenvalue weighted by molar-refractivity contribution is -0.131. The summed E-state index contributed by atoms with van der Waals surface area (Å²) in [6.45, 7) is 6.04. The van der Waals surface area contributed by atoms with Crippen molar-refractivity contribution >= 4 is 12.0 Å². The fourth-order valence-corrected chi connectivity index (χ4v) is 3.22. The van der Waals surface area contributed by atoms with Crippen LogP contribution in [0.1, 0.15) is 37.9 Å². The summed E-state index contributed by atoms with van der Waals surface area (Å²) in [4.78, 5) is 22.8. The number of methoxy groups -OCH3 is 1. The van der Waals surface area contributed by atoms with Gasteiger partial charge in [0.25, 0.3) is 5.88 Å². The Balaban J connectivity index is 1.92. The monoisotopic (exact) mass is 469 g/mol. The number of nitrogens with zero attached hydrogens (tertiary/aromatic N) is 3. The zero-order valence-corrected chi connectivity index (χ0v) is 19.3. The Morgan fingerprint density at radius 2 is 1.88 bits per heavy atom. The SMILES string of the molecule is COc1ccc(F)c(-c2ccc(COc3ncnc(C=CC(=O)O)c3F)nc2CC(C)(C)C)c1. The molecule has 3 rings (SSSR count). The fraction of sp³-hybridized carbons (Fsp3) is 0.280. The summed E-state index contributed by atoms with van der Waals surface area (Å²) in [6.07, 6.45) is 3.42. The molecular weight excluding hydrogens is 444 g/mol. The standard InChI is InChI=1S/C25H25F2N3O4/c1-25(2,3)12-21-17(18-11-16(33-4)6-8-19(18)26)7-5-15(30-21)13-34-24-23(27)20(28-14-29-24)9-10-22(31)32/h5-11,14H,12-13H2,1-4H3,(H,31,32). The number of pyridine rings is 1. The molecule has 0 fully saturated rings. The van der Waals surface area contributed by atoms with Crippen LogP contribution in [0, 0.1) is 17.0 Å². The van der Waals surface area contributed by atoms with Crippen LogP contribution in [-0.2, 0) is 17.8 Å². The summed E-state index contributed by atoms with van der Waals surface area (Å²) in [5.74, 6) is -2.32. The molecule has 0 radical (unpaired) electrons. The third-order valence-electron chi connectivity index (χ3n) is 4.72. The summed E-state index contributed by atoms with van der Waals surface area (Å²) < 4.78 is 40.0. The molecule has 1 aromatic carbocycles. The maximum Gasteiger partial charge on any atom is 0.328 e. The third kappa shape index (κ3) is 6.34. The molecule has 0 atom stereocenters. The van der Waals surface area contributed by atoms with E-state index in [9.17, 15) is 13.6 Å². The van der Waals surface area contributed by atoms with Crippen molar-refractivity contribution in [3.63, 3.8) is 0 Å². The Morgan fingerprint density at radius 1 is 1.12 bits per heavy atom. The first-order valence-electron chi connectivity index (χ1n) is 10.4. The van der Waals surface area contributed by atoms with Gasteiger partial charge < -0.3 is 14.6 Å². The highest BCUT2D eigenvalue weighted by Crippen LogP contribution is 2.32. The number of ether oxygens (including phenoxy) is 2. The Morgan fingerprint density at radius 3 is 2.56 bits per heavy atom. The van der Waals surface area contributed by atoms with Crippen molar-refractivity contribution in [2.75, 3.05) is 7.11 Å². The number of carbonyl (C=O) groups is 1. The summed E-state index contributed by atoms with van der Waals surface area (Å²) in [6, 6.07) is 7.94. The van der Waals surface area contributed by atoms with E-state index in [1.54, 1.807) is 24.3 Å². The van der Waals surface area contributed by atoms with Crippen molar-refractivity contribution in [1.29, 1.82) is 0 Å². The van der Waals surface area contributed by atoms with Gasteiger partial charge in [-0.2, -0.15) is 9.37 Å². The number of hydrogen-bond donors (Lipinski definition) is 1. The molecule has 0 aliphatic carbocycles. The van der Waals surface area contributed by atoms with Gasteiger partial charge in [0.15, 0.2) is 0 Å². The Hall–Kier alpha value is -3.88. The quantitative estimate of drug-likeness (QED) is 0.459. The average Bonchev–Trinajstić information content (AvgIpc) is 2.77. The fourth-order valence-electron chi connectivity index (χ4n) is 3.22. The highest BCUT2D eigenvalue weighted by Gasteiger charge is 2.20. The number of hydrogen-bond acceptors (Lipinski definition) is 6. The van der Waals surface area contributed by atoms with Gasteiger partial charge >= 0.3 is 5.97 Å². The molecule has 34 heavy (non-hydrogen) atoms. The summed E-state index contributed by atoms with van der Waals surface area (Å²) in [5.41, 5.74) is 1.80. The molecule has 9 heteroatoms. The van der Waals surface area contributed by atoms with Crippen molar-refractivity contribution in [2.45, 2.75) is 33.8 Å². The van der Waals surface area contributed by atoms with Crippen molar-refractivity contribution in [1.82, 2.24) is 15.0 Å². The molecule has 0 bridgehead atoms. The minimum Gasteiger partial charge on any atom is -0.497 e. The van der Waals surface area contributed by atoms with E-state index in [-0.39, 0.29) is 23.6 Å². The first kappa shape index (κ1) is 24.8. The van der Waals surface area contributed by atoms with Crippen LogP contribution in [0.15, 0.2) is 42.7 Å². The first-order valence-corrected chi connectivity index (χ1v) is 10.4. The van der Waals surface area contributed by atoms with Crippen LogP contribution in [0.3, 0.4) is 0 Å². The molecule has 0 aliphatic rings. The smallest absolute Gasteiger partial charge is 0.328 e. The summed E-state index contributed by atoms with van der Waals surface area (Å²) >= 11 is 0. The van der Waals surface area contributed by atoms with E-state index >= 15 is 0 Å². The van der Waals surface area contributed by atoms with Crippen molar-refractivity contribution in [3.05, 3.63) is 71.5 Å². The summed E-state index contributed by atoms with van der Waals surface area (Å²) in [5, 5.41) is 8.72. The molecule has 7 nitrogen and oxygen atoms in total. The number of halogens is 2. The second-order valence-corrected chi connectivity index (χ2v) is 8.72. The molecule has 0 amide bonds. The van der Waals surface area contributed by atoms with E-state index in [4.69, 9.17) is 14.6 Å². The lowest BCUT2D eigenvalue weighted by atomic mass is 9.87. The first-order chi connectivity index (χ1) is 16.1. The predicted octanol–water partition coefficient (Wildman–Crippen LogP) is 5.09. The van der Waals surface area contributed by atoms with Crippen molar-refractivity contribution < 1.29 is 28.2 Å².